The fourth-order valence-electron chi connectivity index (χ4n) is 4.72. The van der Waals surface area contributed by atoms with Crippen molar-refractivity contribution in [2.45, 2.75) is 161 Å². The summed E-state index contributed by atoms with van der Waals surface area (Å²) in [5.41, 5.74) is 0. The van der Waals surface area contributed by atoms with E-state index in [0.717, 1.165) is 77.0 Å². The number of ether oxygens (including phenoxy) is 2. The Kier molecular flexibility index (Phi) is 36.2. The summed E-state index contributed by atoms with van der Waals surface area (Å²) < 4.78 is 10.5. The first-order valence-corrected chi connectivity index (χ1v) is 19.1. The van der Waals surface area contributed by atoms with Gasteiger partial charge in [-0.25, -0.2) is 0 Å². The molecule has 1 N–H and O–H groups in total. The molecular weight excluding hydrogens is 596 g/mol. The maximum Gasteiger partial charge on any atom is 0.306 e. The maximum absolute atomic E-state index is 12.2. The summed E-state index contributed by atoms with van der Waals surface area (Å²) in [5, 5.41) is 9.54. The van der Waals surface area contributed by atoms with Crippen molar-refractivity contribution < 1.29 is 24.2 Å². The molecule has 0 aliphatic heterocycles. The molecule has 0 rings (SSSR count). The van der Waals surface area contributed by atoms with Gasteiger partial charge in [0.1, 0.15) is 6.61 Å². The summed E-state index contributed by atoms with van der Waals surface area (Å²) in [6, 6.07) is 0. The van der Waals surface area contributed by atoms with Crippen molar-refractivity contribution in [1.82, 2.24) is 0 Å². The number of allylic oxidation sites excluding steroid dienone is 14. The lowest BCUT2D eigenvalue weighted by molar-refractivity contribution is -0.161. The van der Waals surface area contributed by atoms with Crippen LogP contribution in [0.5, 0.6) is 0 Å². The summed E-state index contributed by atoms with van der Waals surface area (Å²) in [6.45, 7) is 4.00. The van der Waals surface area contributed by atoms with Gasteiger partial charge < -0.3 is 14.6 Å². The van der Waals surface area contributed by atoms with Crippen LogP contribution in [0.1, 0.15) is 155 Å². The van der Waals surface area contributed by atoms with Crippen LogP contribution >= 0.6 is 0 Å². The Labute approximate surface area is 295 Å². The highest BCUT2D eigenvalue weighted by Gasteiger charge is 2.16. The van der Waals surface area contributed by atoms with Crippen LogP contribution in [-0.4, -0.2) is 36.4 Å². The lowest BCUT2D eigenvalue weighted by Gasteiger charge is -2.15. The van der Waals surface area contributed by atoms with Crippen LogP contribution in [0, 0.1) is 0 Å². The van der Waals surface area contributed by atoms with E-state index in [-0.39, 0.29) is 25.2 Å². The molecule has 0 saturated heterocycles. The number of carbonyl (C=O) groups is 2. The van der Waals surface area contributed by atoms with Crippen molar-refractivity contribution in [3.8, 4) is 0 Å². The zero-order valence-corrected chi connectivity index (χ0v) is 30.7. The Morgan fingerprint density at radius 1 is 0.479 bits per heavy atom. The fraction of sp³-hybridized carbons (Fsp3) is 0.628. The first-order valence-electron chi connectivity index (χ1n) is 19.1. The minimum atomic E-state index is -0.808. The molecule has 0 spiro atoms. The van der Waals surface area contributed by atoms with E-state index in [1.807, 2.05) is 0 Å². The normalized spacial score (nSPS) is 13.1. The van der Waals surface area contributed by atoms with E-state index in [1.54, 1.807) is 0 Å². The molecule has 0 bridgehead atoms. The minimum Gasteiger partial charge on any atom is -0.462 e. The predicted molar refractivity (Wildman–Crippen MR) is 205 cm³/mol. The van der Waals surface area contributed by atoms with Gasteiger partial charge >= 0.3 is 11.9 Å². The number of unbranched alkanes of at least 4 members (excludes halogenated alkanes) is 11. The van der Waals surface area contributed by atoms with Crippen molar-refractivity contribution in [2.24, 2.45) is 0 Å². The standard InChI is InChI=1S/C43H70O5/c1-3-5-7-9-11-13-15-17-19-20-21-22-24-26-28-30-32-34-36-38-43(46)48-41(39-44)40-47-42(45)37-35-33-31-29-27-25-23-18-16-14-12-10-8-6-4-2/h11-14,17-19,21-23,26-29,41,44H,3-10,15-16,20,24-25,30-40H2,1-2H3/t41-/m0/s1. The summed E-state index contributed by atoms with van der Waals surface area (Å²) in [4.78, 5) is 24.2. The lowest BCUT2D eigenvalue weighted by Crippen LogP contribution is -2.28. The molecular formula is C43H70O5. The second kappa shape index (κ2) is 38.5. The van der Waals surface area contributed by atoms with Crippen LogP contribution in [0.4, 0.5) is 0 Å². The molecule has 0 aromatic carbocycles. The molecule has 48 heavy (non-hydrogen) atoms. The Balaban J connectivity index is 3.74. The summed E-state index contributed by atoms with van der Waals surface area (Å²) in [7, 11) is 0. The Morgan fingerprint density at radius 2 is 0.833 bits per heavy atom. The third kappa shape index (κ3) is 35.9. The molecule has 272 valence electrons. The molecule has 0 aliphatic rings. The average Bonchev–Trinajstić information content (AvgIpc) is 3.09. The molecule has 0 fully saturated rings. The van der Waals surface area contributed by atoms with Crippen LogP contribution in [0.25, 0.3) is 0 Å². The number of aliphatic hydroxyl groups excluding tert-OH is 1. The van der Waals surface area contributed by atoms with E-state index in [1.165, 1.54) is 51.4 Å². The van der Waals surface area contributed by atoms with Gasteiger partial charge in [-0.3, -0.25) is 9.59 Å². The van der Waals surface area contributed by atoms with Gasteiger partial charge in [0, 0.05) is 12.8 Å². The van der Waals surface area contributed by atoms with Gasteiger partial charge in [-0.15, -0.1) is 0 Å². The molecule has 0 radical (unpaired) electrons. The Morgan fingerprint density at radius 3 is 1.25 bits per heavy atom. The summed E-state index contributed by atoms with van der Waals surface area (Å²) in [6.07, 6.45) is 52.1. The first-order chi connectivity index (χ1) is 23.6. The second-order valence-corrected chi connectivity index (χ2v) is 12.3. The molecule has 0 saturated carbocycles. The molecule has 1 atom stereocenters. The number of rotatable bonds is 33. The largest absolute Gasteiger partial charge is 0.462 e. The second-order valence-electron chi connectivity index (χ2n) is 12.3. The van der Waals surface area contributed by atoms with Crippen LogP contribution < -0.4 is 0 Å². The van der Waals surface area contributed by atoms with Crippen LogP contribution in [0.15, 0.2) is 85.1 Å². The third-order valence-corrected chi connectivity index (χ3v) is 7.66. The predicted octanol–water partition coefficient (Wildman–Crippen LogP) is 11.9. The monoisotopic (exact) mass is 667 g/mol. The first kappa shape index (κ1) is 45.1. The highest BCUT2D eigenvalue weighted by atomic mass is 16.6. The zero-order chi connectivity index (χ0) is 35.0. The maximum atomic E-state index is 12.2. The molecule has 0 heterocycles. The van der Waals surface area contributed by atoms with Crippen molar-refractivity contribution in [1.29, 1.82) is 0 Å². The van der Waals surface area contributed by atoms with E-state index >= 15 is 0 Å². The van der Waals surface area contributed by atoms with Gasteiger partial charge in [-0.05, 0) is 96.3 Å². The molecule has 0 aromatic heterocycles. The number of hydrogen-bond donors (Lipinski definition) is 1. The molecule has 5 heteroatoms. The van der Waals surface area contributed by atoms with Gasteiger partial charge in [0.05, 0.1) is 6.61 Å². The van der Waals surface area contributed by atoms with Gasteiger partial charge in [0.15, 0.2) is 6.10 Å². The van der Waals surface area contributed by atoms with Gasteiger partial charge in [0.2, 0.25) is 0 Å². The van der Waals surface area contributed by atoms with Gasteiger partial charge in [-0.1, -0.05) is 131 Å². The molecule has 0 unspecified atom stereocenters. The van der Waals surface area contributed by atoms with Crippen molar-refractivity contribution in [3.63, 3.8) is 0 Å². The Hall–Kier alpha value is -2.92. The van der Waals surface area contributed by atoms with E-state index in [9.17, 15) is 14.7 Å². The molecule has 5 nitrogen and oxygen atoms in total. The van der Waals surface area contributed by atoms with E-state index in [2.05, 4.69) is 98.9 Å². The summed E-state index contributed by atoms with van der Waals surface area (Å²) >= 11 is 0. The molecule has 0 amide bonds. The summed E-state index contributed by atoms with van der Waals surface area (Å²) in [5.74, 6) is -0.681. The number of esters is 2. The lowest BCUT2D eigenvalue weighted by atomic mass is 10.1. The van der Waals surface area contributed by atoms with E-state index < -0.39 is 6.10 Å². The highest BCUT2D eigenvalue weighted by molar-refractivity contribution is 5.70. The van der Waals surface area contributed by atoms with Gasteiger partial charge in [-0.2, -0.15) is 0 Å². The number of aliphatic hydroxyl groups is 1. The number of hydrogen-bond acceptors (Lipinski definition) is 5. The van der Waals surface area contributed by atoms with Crippen LogP contribution in [0.3, 0.4) is 0 Å². The minimum absolute atomic E-state index is 0.104. The smallest absolute Gasteiger partial charge is 0.306 e. The van der Waals surface area contributed by atoms with Crippen molar-refractivity contribution in [3.05, 3.63) is 85.1 Å². The molecule has 0 aliphatic carbocycles. The topological polar surface area (TPSA) is 72.8 Å². The van der Waals surface area contributed by atoms with E-state index in [0.29, 0.717) is 12.8 Å². The average molecular weight is 667 g/mol. The van der Waals surface area contributed by atoms with Gasteiger partial charge in [0.25, 0.3) is 0 Å². The van der Waals surface area contributed by atoms with Crippen LogP contribution in [-0.2, 0) is 19.1 Å². The fourth-order valence-corrected chi connectivity index (χ4v) is 4.72. The third-order valence-electron chi connectivity index (χ3n) is 7.66. The highest BCUT2D eigenvalue weighted by Crippen LogP contribution is 2.08. The molecule has 0 aromatic rings. The van der Waals surface area contributed by atoms with Crippen molar-refractivity contribution >= 4 is 11.9 Å². The Bertz CT molecular complexity index is 937. The van der Waals surface area contributed by atoms with Crippen LogP contribution in [0.2, 0.25) is 0 Å². The zero-order valence-electron chi connectivity index (χ0n) is 30.7. The van der Waals surface area contributed by atoms with Crippen molar-refractivity contribution in [2.75, 3.05) is 13.2 Å². The quantitative estimate of drug-likeness (QED) is 0.0429. The SMILES string of the molecule is CCCCCC=CCC=CCC=CCC=CCCCCCC(=O)O[C@@H](CO)COC(=O)CCCCC=CCC=CCC=CCCCCC. The van der Waals surface area contributed by atoms with E-state index in [4.69, 9.17) is 9.47 Å². The number of carbonyl (C=O) groups excluding carboxylic acids is 2.